The van der Waals surface area contributed by atoms with Crippen molar-refractivity contribution in [2.45, 2.75) is 20.8 Å². The molecule has 0 radical (unpaired) electrons. The zero-order chi connectivity index (χ0) is 14.0. The van der Waals surface area contributed by atoms with Crippen LogP contribution >= 0.6 is 11.3 Å². The van der Waals surface area contributed by atoms with Crippen LogP contribution in [-0.2, 0) is 4.79 Å². The first-order valence-corrected chi connectivity index (χ1v) is 6.69. The average molecular weight is 274 g/mol. The maximum atomic E-state index is 11.8. The molecule has 0 unspecified atom stereocenters. The van der Waals surface area contributed by atoms with Gasteiger partial charge in [-0.1, -0.05) is 6.07 Å². The Hall–Kier alpha value is -2.01. The maximum absolute atomic E-state index is 11.8. The maximum Gasteiger partial charge on any atom is 0.230 e. The smallest absolute Gasteiger partial charge is 0.230 e. The molecule has 2 aromatic rings. The minimum atomic E-state index is -0.130. The molecular weight excluding hydrogens is 260 g/mol. The number of hydrogen-bond acceptors (Lipinski definition) is 4. The minimum Gasteiger partial charge on any atom is -0.296 e. The lowest BCUT2D eigenvalue weighted by atomic mass is 10.1. The fourth-order valence-corrected chi connectivity index (χ4v) is 2.56. The Labute approximate surface area is 115 Å². The zero-order valence-electron chi connectivity index (χ0n) is 11.0. The summed E-state index contributed by atoms with van der Waals surface area (Å²) in [6, 6.07) is 5.79. The van der Waals surface area contributed by atoms with E-state index in [-0.39, 0.29) is 5.91 Å². The Morgan fingerprint density at radius 3 is 2.58 bits per heavy atom. The topological polar surface area (TPSA) is 50.3 Å². The molecule has 0 fully saturated rings. The standard InChI is InChI=1S/C14H14N2O2S/c1-9-4-5-13(6-10(9)2)16(11(3)18)14-15-12(7-17)8-19-14/h4-8H,1-3H3. The third-order valence-corrected chi connectivity index (χ3v) is 3.73. The molecule has 5 heteroatoms. The molecule has 0 aliphatic heterocycles. The monoisotopic (exact) mass is 274 g/mol. The number of rotatable bonds is 3. The van der Waals surface area contributed by atoms with Gasteiger partial charge in [0.05, 0.1) is 5.69 Å². The molecule has 0 aliphatic rings. The number of hydrogen-bond donors (Lipinski definition) is 0. The quantitative estimate of drug-likeness (QED) is 0.807. The van der Waals surface area contributed by atoms with Crippen molar-refractivity contribution in [2.75, 3.05) is 4.90 Å². The molecule has 2 rings (SSSR count). The number of thiazole rings is 1. The summed E-state index contributed by atoms with van der Waals surface area (Å²) < 4.78 is 0. The summed E-state index contributed by atoms with van der Waals surface area (Å²) >= 11 is 1.28. The number of aldehydes is 1. The molecule has 1 heterocycles. The van der Waals surface area contributed by atoms with Crippen molar-refractivity contribution in [1.82, 2.24) is 4.98 Å². The average Bonchev–Trinajstić information content (AvgIpc) is 2.82. The van der Waals surface area contributed by atoms with E-state index < -0.39 is 0 Å². The van der Waals surface area contributed by atoms with Gasteiger partial charge in [0.1, 0.15) is 5.69 Å². The Morgan fingerprint density at radius 1 is 1.32 bits per heavy atom. The number of aromatic nitrogens is 1. The van der Waals surface area contributed by atoms with E-state index in [0.717, 1.165) is 11.3 Å². The van der Waals surface area contributed by atoms with E-state index in [0.29, 0.717) is 17.1 Å². The lowest BCUT2D eigenvalue weighted by Gasteiger charge is -2.19. The molecule has 1 aromatic carbocycles. The summed E-state index contributed by atoms with van der Waals surface area (Å²) in [5, 5.41) is 2.15. The highest BCUT2D eigenvalue weighted by atomic mass is 32.1. The van der Waals surface area contributed by atoms with Crippen LogP contribution in [0.2, 0.25) is 0 Å². The second kappa shape index (κ2) is 5.32. The summed E-state index contributed by atoms with van der Waals surface area (Å²) in [6.45, 7) is 5.50. The molecule has 0 saturated carbocycles. The van der Waals surface area contributed by atoms with Gasteiger partial charge in [-0.05, 0) is 37.1 Å². The van der Waals surface area contributed by atoms with Crippen molar-refractivity contribution in [1.29, 1.82) is 0 Å². The number of nitrogens with zero attached hydrogens (tertiary/aromatic N) is 2. The molecular formula is C14H14N2O2S. The van der Waals surface area contributed by atoms with Crippen LogP contribution in [0.4, 0.5) is 10.8 Å². The van der Waals surface area contributed by atoms with Crippen molar-refractivity contribution in [3.63, 3.8) is 0 Å². The van der Waals surface area contributed by atoms with Crippen LogP contribution in [0, 0.1) is 13.8 Å². The van der Waals surface area contributed by atoms with Crippen LogP contribution in [-0.4, -0.2) is 17.2 Å². The van der Waals surface area contributed by atoms with Gasteiger partial charge in [0.2, 0.25) is 5.91 Å². The molecule has 19 heavy (non-hydrogen) atoms. The molecule has 1 aromatic heterocycles. The van der Waals surface area contributed by atoms with E-state index in [4.69, 9.17) is 0 Å². The van der Waals surface area contributed by atoms with Crippen LogP contribution in [0.3, 0.4) is 0 Å². The molecule has 0 atom stereocenters. The van der Waals surface area contributed by atoms with Crippen molar-refractivity contribution >= 4 is 34.3 Å². The number of benzene rings is 1. The first-order valence-electron chi connectivity index (χ1n) is 5.81. The van der Waals surface area contributed by atoms with Gasteiger partial charge in [-0.2, -0.15) is 0 Å². The van der Waals surface area contributed by atoms with E-state index in [9.17, 15) is 9.59 Å². The Morgan fingerprint density at radius 2 is 2.05 bits per heavy atom. The third kappa shape index (κ3) is 2.71. The first kappa shape index (κ1) is 13.4. The summed E-state index contributed by atoms with van der Waals surface area (Å²) in [5.74, 6) is -0.130. The van der Waals surface area contributed by atoms with Crippen LogP contribution in [0.15, 0.2) is 23.6 Å². The van der Waals surface area contributed by atoms with Gasteiger partial charge >= 0.3 is 0 Å². The Kier molecular flexibility index (Phi) is 3.76. The van der Waals surface area contributed by atoms with Crippen molar-refractivity contribution in [2.24, 2.45) is 0 Å². The molecule has 0 aliphatic carbocycles. The number of aryl methyl sites for hydroxylation is 2. The second-order valence-electron chi connectivity index (χ2n) is 4.30. The van der Waals surface area contributed by atoms with Crippen LogP contribution in [0.25, 0.3) is 0 Å². The highest BCUT2D eigenvalue weighted by molar-refractivity contribution is 7.14. The number of carbonyl (C=O) groups is 2. The third-order valence-electron chi connectivity index (χ3n) is 2.89. The van der Waals surface area contributed by atoms with Crippen LogP contribution in [0.1, 0.15) is 28.5 Å². The molecule has 98 valence electrons. The SMILES string of the molecule is CC(=O)N(c1ccc(C)c(C)c1)c1nc(C=O)cs1. The summed E-state index contributed by atoms with van der Waals surface area (Å²) in [6.07, 6.45) is 0.679. The number of anilines is 2. The Balaban J connectivity index is 2.47. The molecule has 4 nitrogen and oxygen atoms in total. The lowest BCUT2D eigenvalue weighted by molar-refractivity contribution is -0.115. The molecule has 1 amide bonds. The van der Waals surface area contributed by atoms with Gasteiger partial charge in [-0.3, -0.25) is 14.5 Å². The second-order valence-corrected chi connectivity index (χ2v) is 5.13. The fourth-order valence-electron chi connectivity index (χ4n) is 1.72. The van der Waals surface area contributed by atoms with E-state index in [2.05, 4.69) is 4.98 Å². The van der Waals surface area contributed by atoms with Gasteiger partial charge in [0.25, 0.3) is 0 Å². The van der Waals surface area contributed by atoms with E-state index in [1.807, 2.05) is 32.0 Å². The molecule has 0 bridgehead atoms. The van der Waals surface area contributed by atoms with Crippen LogP contribution in [0.5, 0.6) is 0 Å². The predicted octanol–water partition coefficient (Wildman–Crippen LogP) is 3.26. The minimum absolute atomic E-state index is 0.130. The number of amides is 1. The van der Waals surface area contributed by atoms with E-state index in [1.165, 1.54) is 28.7 Å². The van der Waals surface area contributed by atoms with Crippen molar-refractivity contribution in [3.8, 4) is 0 Å². The molecule has 0 spiro atoms. The van der Waals surface area contributed by atoms with E-state index >= 15 is 0 Å². The summed E-state index contributed by atoms with van der Waals surface area (Å²) in [4.78, 5) is 28.2. The normalized spacial score (nSPS) is 10.3. The zero-order valence-corrected chi connectivity index (χ0v) is 11.8. The lowest BCUT2D eigenvalue weighted by Crippen LogP contribution is -2.22. The molecule has 0 saturated heterocycles. The van der Waals surface area contributed by atoms with Crippen molar-refractivity contribution < 1.29 is 9.59 Å². The highest BCUT2D eigenvalue weighted by Crippen LogP contribution is 2.29. The van der Waals surface area contributed by atoms with Gasteiger partial charge < -0.3 is 0 Å². The van der Waals surface area contributed by atoms with Gasteiger partial charge in [-0.25, -0.2) is 4.98 Å². The van der Waals surface area contributed by atoms with E-state index in [1.54, 1.807) is 5.38 Å². The predicted molar refractivity (Wildman–Crippen MR) is 76.2 cm³/mol. The van der Waals surface area contributed by atoms with Gasteiger partial charge in [0, 0.05) is 12.3 Å². The summed E-state index contributed by atoms with van der Waals surface area (Å²) in [5.41, 5.74) is 3.38. The first-order chi connectivity index (χ1) is 9.02. The fraction of sp³-hybridized carbons (Fsp3) is 0.214. The van der Waals surface area contributed by atoms with Gasteiger partial charge in [-0.15, -0.1) is 11.3 Å². The number of carbonyl (C=O) groups excluding carboxylic acids is 2. The largest absolute Gasteiger partial charge is 0.296 e. The summed E-state index contributed by atoms with van der Waals surface area (Å²) in [7, 11) is 0. The van der Waals surface area contributed by atoms with Gasteiger partial charge in [0.15, 0.2) is 11.4 Å². The molecule has 0 N–H and O–H groups in total. The highest BCUT2D eigenvalue weighted by Gasteiger charge is 2.18. The van der Waals surface area contributed by atoms with Crippen molar-refractivity contribution in [3.05, 3.63) is 40.4 Å². The van der Waals surface area contributed by atoms with Crippen LogP contribution < -0.4 is 4.90 Å². The Bertz CT molecular complexity index is 634.